The van der Waals surface area contributed by atoms with Gasteiger partial charge in [-0.1, -0.05) is 18.2 Å². The third-order valence-electron chi connectivity index (χ3n) is 5.85. The molecule has 1 aliphatic heterocycles. The summed E-state index contributed by atoms with van der Waals surface area (Å²) in [5.74, 6) is 0.879. The van der Waals surface area contributed by atoms with Crippen LogP contribution in [0.3, 0.4) is 0 Å². The summed E-state index contributed by atoms with van der Waals surface area (Å²) in [6.07, 6.45) is 0.584. The van der Waals surface area contributed by atoms with Gasteiger partial charge in [-0.25, -0.2) is 13.2 Å². The van der Waals surface area contributed by atoms with E-state index in [-0.39, 0.29) is 23.4 Å². The lowest BCUT2D eigenvalue weighted by Gasteiger charge is -2.40. The molecule has 0 aromatic heterocycles. The molecule has 0 saturated carbocycles. The first-order valence-corrected chi connectivity index (χ1v) is 12.9. The molecular formula is C26H26N2O6S. The summed E-state index contributed by atoms with van der Waals surface area (Å²) < 4.78 is 34.4. The van der Waals surface area contributed by atoms with Crippen molar-refractivity contribution in [2.24, 2.45) is 0 Å². The molecule has 0 aliphatic carbocycles. The molecule has 3 aromatic carbocycles. The van der Waals surface area contributed by atoms with Gasteiger partial charge >= 0.3 is 6.09 Å². The number of hydrogen-bond donors (Lipinski definition) is 0. The number of hydrogen-bond acceptors (Lipinski definition) is 6. The Bertz CT molecular complexity index is 1370. The molecular weight excluding hydrogens is 468 g/mol. The van der Waals surface area contributed by atoms with Crippen molar-refractivity contribution in [3.05, 3.63) is 66.7 Å². The van der Waals surface area contributed by atoms with Gasteiger partial charge in [0.2, 0.25) is 5.91 Å². The van der Waals surface area contributed by atoms with Gasteiger partial charge in [-0.3, -0.25) is 9.69 Å². The predicted octanol–water partition coefficient (Wildman–Crippen LogP) is 4.53. The number of methoxy groups -OCH3 is 1. The van der Waals surface area contributed by atoms with Crippen LogP contribution in [0.2, 0.25) is 0 Å². The van der Waals surface area contributed by atoms with E-state index in [0.717, 1.165) is 17.4 Å². The Morgan fingerprint density at radius 1 is 0.886 bits per heavy atom. The van der Waals surface area contributed by atoms with Crippen LogP contribution in [0.25, 0.3) is 11.1 Å². The molecule has 0 fully saturated rings. The van der Waals surface area contributed by atoms with Gasteiger partial charge in [0.15, 0.2) is 9.84 Å². The van der Waals surface area contributed by atoms with E-state index >= 15 is 0 Å². The topological polar surface area (TPSA) is 93.2 Å². The molecule has 3 aromatic rings. The summed E-state index contributed by atoms with van der Waals surface area (Å²) >= 11 is 0. The average molecular weight is 495 g/mol. The fraction of sp³-hybridized carbons (Fsp3) is 0.231. The highest BCUT2D eigenvalue weighted by Crippen LogP contribution is 2.39. The number of fused-ring (bicyclic) bond motifs is 1. The van der Waals surface area contributed by atoms with Gasteiger partial charge in [-0.15, -0.1) is 0 Å². The van der Waals surface area contributed by atoms with E-state index in [4.69, 9.17) is 9.47 Å². The summed E-state index contributed by atoms with van der Waals surface area (Å²) in [7, 11) is -1.76. The molecule has 0 saturated heterocycles. The molecule has 35 heavy (non-hydrogen) atoms. The quantitative estimate of drug-likeness (QED) is 0.529. The highest BCUT2D eigenvalue weighted by molar-refractivity contribution is 7.90. The molecule has 0 bridgehead atoms. The van der Waals surface area contributed by atoms with Crippen LogP contribution >= 0.6 is 0 Å². The zero-order valence-electron chi connectivity index (χ0n) is 19.9. The summed E-state index contributed by atoms with van der Waals surface area (Å²) in [5.41, 5.74) is 2.67. The zero-order chi connectivity index (χ0) is 25.3. The van der Waals surface area contributed by atoms with Crippen molar-refractivity contribution in [2.45, 2.75) is 24.8 Å². The van der Waals surface area contributed by atoms with Crippen LogP contribution < -0.4 is 19.3 Å². The standard InChI is InChI=1S/C26H26N2O6S/c1-17-16-27(26(30)34-22-10-8-21(33-3)9-11-22)25-15-20(7-14-24(25)28(17)18(2)29)19-5-12-23(13-6-19)35(4,31)32/h5-15,17H,16H2,1-4H3. The molecule has 1 unspecified atom stereocenters. The molecule has 0 spiro atoms. The lowest BCUT2D eigenvalue weighted by atomic mass is 10.0. The number of rotatable bonds is 4. The van der Waals surface area contributed by atoms with Crippen molar-refractivity contribution in [2.75, 3.05) is 29.7 Å². The Labute approximate surface area is 204 Å². The van der Waals surface area contributed by atoms with Gasteiger partial charge in [0.25, 0.3) is 0 Å². The molecule has 1 aliphatic rings. The third kappa shape index (κ3) is 5.00. The minimum Gasteiger partial charge on any atom is -0.497 e. The lowest BCUT2D eigenvalue weighted by molar-refractivity contribution is -0.117. The van der Waals surface area contributed by atoms with Gasteiger partial charge < -0.3 is 14.4 Å². The summed E-state index contributed by atoms with van der Waals surface area (Å²) in [6, 6.07) is 18.4. The van der Waals surface area contributed by atoms with Gasteiger partial charge in [0.1, 0.15) is 11.5 Å². The van der Waals surface area contributed by atoms with Gasteiger partial charge in [-0.05, 0) is 66.6 Å². The maximum absolute atomic E-state index is 13.2. The minimum absolute atomic E-state index is 0.132. The second-order valence-corrected chi connectivity index (χ2v) is 10.4. The van der Waals surface area contributed by atoms with Gasteiger partial charge in [0, 0.05) is 19.7 Å². The molecule has 0 radical (unpaired) electrons. The summed E-state index contributed by atoms with van der Waals surface area (Å²) in [4.78, 5) is 29.0. The second-order valence-electron chi connectivity index (χ2n) is 8.39. The first-order valence-electron chi connectivity index (χ1n) is 11.0. The number of carbonyl (C=O) groups is 2. The fourth-order valence-corrected chi connectivity index (χ4v) is 4.78. The first-order chi connectivity index (χ1) is 16.6. The first kappa shape index (κ1) is 24.3. The SMILES string of the molecule is COc1ccc(OC(=O)N2CC(C)N(C(C)=O)c3ccc(-c4ccc(S(C)(=O)=O)cc4)cc32)cc1. The van der Waals surface area contributed by atoms with Gasteiger partial charge in [-0.2, -0.15) is 0 Å². The molecule has 4 rings (SSSR count). The van der Waals surface area contributed by atoms with Crippen molar-refractivity contribution in [3.8, 4) is 22.6 Å². The molecule has 182 valence electrons. The van der Waals surface area contributed by atoms with E-state index in [9.17, 15) is 18.0 Å². The molecule has 2 amide bonds. The number of anilines is 2. The van der Waals surface area contributed by atoms with E-state index < -0.39 is 15.9 Å². The smallest absolute Gasteiger partial charge is 0.419 e. The maximum Gasteiger partial charge on any atom is 0.419 e. The molecule has 9 heteroatoms. The Balaban J connectivity index is 1.72. The summed E-state index contributed by atoms with van der Waals surface area (Å²) in [6.45, 7) is 3.61. The van der Waals surface area contributed by atoms with Gasteiger partial charge in [0.05, 0.1) is 29.4 Å². The average Bonchev–Trinajstić information content (AvgIpc) is 2.83. The van der Waals surface area contributed by atoms with Crippen LogP contribution in [0.1, 0.15) is 13.8 Å². The molecule has 1 heterocycles. The highest BCUT2D eigenvalue weighted by Gasteiger charge is 2.34. The summed E-state index contributed by atoms with van der Waals surface area (Å²) in [5, 5.41) is 0. The van der Waals surface area contributed by atoms with E-state index in [1.165, 1.54) is 11.8 Å². The van der Waals surface area contributed by atoms with Crippen molar-refractivity contribution < 1.29 is 27.5 Å². The minimum atomic E-state index is -3.31. The Hall–Kier alpha value is -3.85. The molecule has 8 nitrogen and oxygen atoms in total. The Morgan fingerprint density at radius 2 is 1.49 bits per heavy atom. The van der Waals surface area contributed by atoms with Crippen LogP contribution in [0, 0.1) is 0 Å². The molecule has 1 atom stereocenters. The number of ether oxygens (including phenoxy) is 2. The number of carbonyl (C=O) groups excluding carboxylic acids is 2. The van der Waals surface area contributed by atoms with Crippen LogP contribution in [0.15, 0.2) is 71.6 Å². The number of amides is 2. The normalized spacial score (nSPS) is 15.4. The van der Waals surface area contributed by atoms with Crippen LogP contribution in [0.4, 0.5) is 16.2 Å². The largest absolute Gasteiger partial charge is 0.497 e. The number of benzene rings is 3. The third-order valence-corrected chi connectivity index (χ3v) is 6.98. The van der Waals surface area contributed by atoms with Crippen LogP contribution in [-0.4, -0.2) is 46.4 Å². The fourth-order valence-electron chi connectivity index (χ4n) is 4.15. The van der Waals surface area contributed by atoms with E-state index in [0.29, 0.717) is 22.9 Å². The van der Waals surface area contributed by atoms with Crippen molar-refractivity contribution >= 4 is 33.2 Å². The monoisotopic (exact) mass is 494 g/mol. The maximum atomic E-state index is 13.2. The van der Waals surface area contributed by atoms with Crippen molar-refractivity contribution in [3.63, 3.8) is 0 Å². The van der Waals surface area contributed by atoms with Crippen LogP contribution in [-0.2, 0) is 14.6 Å². The second kappa shape index (κ2) is 9.42. The number of sulfone groups is 1. The van der Waals surface area contributed by atoms with Crippen molar-refractivity contribution in [1.82, 2.24) is 0 Å². The van der Waals surface area contributed by atoms with Crippen LogP contribution in [0.5, 0.6) is 11.5 Å². The van der Waals surface area contributed by atoms with E-state index in [2.05, 4.69) is 0 Å². The van der Waals surface area contributed by atoms with Crippen molar-refractivity contribution in [1.29, 1.82) is 0 Å². The zero-order valence-corrected chi connectivity index (χ0v) is 20.7. The van der Waals surface area contributed by atoms with E-state index in [1.54, 1.807) is 66.6 Å². The lowest BCUT2D eigenvalue weighted by Crippen LogP contribution is -2.52. The van der Waals surface area contributed by atoms with E-state index in [1.807, 2.05) is 19.1 Å². The Morgan fingerprint density at radius 3 is 2.06 bits per heavy atom. The number of nitrogens with zero attached hydrogens (tertiary/aromatic N) is 2. The highest BCUT2D eigenvalue weighted by atomic mass is 32.2. The Kier molecular flexibility index (Phi) is 6.53. The molecule has 0 N–H and O–H groups in total. The predicted molar refractivity (Wildman–Crippen MR) is 134 cm³/mol.